The largest absolute Gasteiger partial charge is 0.465 e. The van der Waals surface area contributed by atoms with Crippen LogP contribution < -0.4 is 5.32 Å². The second-order valence-electron chi connectivity index (χ2n) is 9.68. The monoisotopic (exact) mass is 400 g/mol. The summed E-state index contributed by atoms with van der Waals surface area (Å²) in [6.07, 6.45) is 1.96. The molecule has 7 nitrogen and oxygen atoms in total. The summed E-state index contributed by atoms with van der Waals surface area (Å²) in [6.45, 7) is 6.37. The van der Waals surface area contributed by atoms with Crippen molar-refractivity contribution in [3.8, 4) is 0 Å². The fourth-order valence-corrected chi connectivity index (χ4v) is 5.10. The third kappa shape index (κ3) is 2.98. The van der Waals surface area contributed by atoms with E-state index in [1.54, 1.807) is 12.1 Å². The molecule has 29 heavy (non-hydrogen) atoms. The maximum absolute atomic E-state index is 13.2. The number of nitrogens with zero attached hydrogens (tertiary/aromatic N) is 1. The lowest BCUT2D eigenvalue weighted by atomic mass is 9.75. The fraction of sp³-hybridized carbons (Fsp3) is 0.591. The highest BCUT2D eigenvalue weighted by Gasteiger charge is 2.71. The predicted octanol–water partition coefficient (Wildman–Crippen LogP) is 3.14. The Kier molecular flexibility index (Phi) is 4.23. The summed E-state index contributed by atoms with van der Waals surface area (Å²) in [4.78, 5) is 38.1. The van der Waals surface area contributed by atoms with Gasteiger partial charge in [-0.05, 0) is 48.8 Å². The zero-order chi connectivity index (χ0) is 21.2. The van der Waals surface area contributed by atoms with Gasteiger partial charge >= 0.3 is 12.1 Å². The minimum absolute atomic E-state index is 0.0542. The topological polar surface area (TPSA) is 95.9 Å². The van der Waals surface area contributed by atoms with Gasteiger partial charge < -0.3 is 15.2 Å². The van der Waals surface area contributed by atoms with Crippen molar-refractivity contribution in [2.75, 3.05) is 7.11 Å². The predicted molar refractivity (Wildman–Crippen MR) is 105 cm³/mol. The number of piperidine rings is 1. The molecule has 7 heteroatoms. The highest BCUT2D eigenvalue weighted by Crippen LogP contribution is 2.68. The third-order valence-electron chi connectivity index (χ3n) is 7.25. The Labute approximate surface area is 170 Å². The van der Waals surface area contributed by atoms with E-state index in [0.29, 0.717) is 12.0 Å². The van der Waals surface area contributed by atoms with Crippen molar-refractivity contribution in [3.05, 3.63) is 35.4 Å². The van der Waals surface area contributed by atoms with Crippen LogP contribution in [0.4, 0.5) is 4.79 Å². The number of nitrogens with one attached hydrogen (secondary N) is 1. The van der Waals surface area contributed by atoms with E-state index in [9.17, 15) is 19.5 Å². The molecule has 3 fully saturated rings. The van der Waals surface area contributed by atoms with Crippen LogP contribution in [0.1, 0.15) is 62.4 Å². The standard InChI is InChI=1S/C22H28N2O5/c1-20(2,3)21-11-15(24(19(27)28)16(21)12-21)17(25)23-22(9-10-22)14-7-5-13(6-8-14)18(26)29-4/h5-8,15-16H,9-12H2,1-4H3,(H,23,25)(H,27,28)/t15-,16+,21?/m1/s1. The molecule has 2 amide bonds. The molecule has 0 aromatic heterocycles. The van der Waals surface area contributed by atoms with E-state index in [0.717, 1.165) is 24.8 Å². The summed E-state index contributed by atoms with van der Waals surface area (Å²) in [5.41, 5.74) is 0.734. The van der Waals surface area contributed by atoms with Gasteiger partial charge in [0.1, 0.15) is 6.04 Å². The second kappa shape index (κ2) is 6.21. The van der Waals surface area contributed by atoms with Gasteiger partial charge in [-0.2, -0.15) is 0 Å². The number of amides is 2. The molecule has 1 aliphatic heterocycles. The number of methoxy groups -OCH3 is 1. The molecule has 1 saturated heterocycles. The number of benzene rings is 1. The Morgan fingerprint density at radius 2 is 1.76 bits per heavy atom. The lowest BCUT2D eigenvalue weighted by Crippen LogP contribution is -2.50. The van der Waals surface area contributed by atoms with E-state index in [1.807, 2.05) is 12.1 Å². The molecule has 0 radical (unpaired) electrons. The number of carbonyl (C=O) groups is 3. The van der Waals surface area contributed by atoms with Gasteiger partial charge in [0.25, 0.3) is 0 Å². The van der Waals surface area contributed by atoms with Crippen LogP contribution in [-0.2, 0) is 15.1 Å². The molecular formula is C22H28N2O5. The number of fused-ring (bicyclic) bond motifs is 1. The van der Waals surface area contributed by atoms with Crippen molar-refractivity contribution in [2.45, 2.75) is 64.1 Å². The lowest BCUT2D eigenvalue weighted by molar-refractivity contribution is -0.126. The van der Waals surface area contributed by atoms with E-state index in [1.165, 1.54) is 12.0 Å². The van der Waals surface area contributed by atoms with Gasteiger partial charge in [0.15, 0.2) is 0 Å². The minimum Gasteiger partial charge on any atom is -0.465 e. The smallest absolute Gasteiger partial charge is 0.408 e. The summed E-state index contributed by atoms with van der Waals surface area (Å²) >= 11 is 0. The Morgan fingerprint density at radius 1 is 1.14 bits per heavy atom. The summed E-state index contributed by atoms with van der Waals surface area (Å²) in [5, 5.41) is 12.9. The minimum atomic E-state index is -1.02. The van der Waals surface area contributed by atoms with Gasteiger partial charge in [-0.15, -0.1) is 0 Å². The normalized spacial score (nSPS) is 29.0. The van der Waals surface area contributed by atoms with Crippen molar-refractivity contribution in [3.63, 3.8) is 0 Å². The molecule has 2 N–H and O–H groups in total. The van der Waals surface area contributed by atoms with Crippen molar-refractivity contribution in [1.29, 1.82) is 0 Å². The fourth-order valence-electron chi connectivity index (χ4n) is 5.10. The summed E-state index contributed by atoms with van der Waals surface area (Å²) < 4.78 is 4.72. The van der Waals surface area contributed by atoms with Crippen molar-refractivity contribution in [2.24, 2.45) is 10.8 Å². The first kappa shape index (κ1) is 19.7. The summed E-state index contributed by atoms with van der Waals surface area (Å²) in [6, 6.07) is 6.31. The molecule has 2 saturated carbocycles. The molecule has 156 valence electrons. The van der Waals surface area contributed by atoms with Crippen LogP contribution in [0, 0.1) is 10.8 Å². The molecule has 1 aromatic carbocycles. The lowest BCUT2D eigenvalue weighted by Gasteiger charge is -2.30. The van der Waals surface area contributed by atoms with Crippen LogP contribution in [-0.4, -0.2) is 47.2 Å². The van der Waals surface area contributed by atoms with E-state index in [2.05, 4.69) is 26.1 Å². The molecule has 1 aromatic rings. The first-order valence-electron chi connectivity index (χ1n) is 10.1. The zero-order valence-electron chi connectivity index (χ0n) is 17.3. The second-order valence-corrected chi connectivity index (χ2v) is 9.68. The number of hydrogen-bond acceptors (Lipinski definition) is 4. The van der Waals surface area contributed by atoms with Crippen LogP contribution in [0.25, 0.3) is 0 Å². The van der Waals surface area contributed by atoms with Gasteiger partial charge in [-0.3, -0.25) is 9.69 Å². The Bertz CT molecular complexity index is 868. The van der Waals surface area contributed by atoms with Gasteiger partial charge in [0, 0.05) is 11.5 Å². The average molecular weight is 400 g/mol. The van der Waals surface area contributed by atoms with Crippen LogP contribution in [0.5, 0.6) is 0 Å². The molecule has 4 rings (SSSR count). The van der Waals surface area contributed by atoms with Crippen LogP contribution >= 0.6 is 0 Å². The number of esters is 1. The average Bonchev–Trinajstić information content (AvgIpc) is 3.57. The Hall–Kier alpha value is -2.57. The maximum atomic E-state index is 13.2. The van der Waals surface area contributed by atoms with Gasteiger partial charge in [0.2, 0.25) is 5.91 Å². The Balaban J connectivity index is 1.52. The quantitative estimate of drug-likeness (QED) is 0.757. The van der Waals surface area contributed by atoms with E-state index in [-0.39, 0.29) is 22.8 Å². The molecular weight excluding hydrogens is 372 g/mol. The summed E-state index contributed by atoms with van der Waals surface area (Å²) in [7, 11) is 1.34. The highest BCUT2D eigenvalue weighted by atomic mass is 16.5. The molecule has 0 bridgehead atoms. The van der Waals surface area contributed by atoms with Crippen LogP contribution in [0.2, 0.25) is 0 Å². The number of carbonyl (C=O) groups excluding carboxylic acids is 2. The molecule has 2 aliphatic carbocycles. The van der Waals surface area contributed by atoms with Gasteiger partial charge in [-0.1, -0.05) is 32.9 Å². The third-order valence-corrected chi connectivity index (χ3v) is 7.25. The van der Waals surface area contributed by atoms with Crippen LogP contribution in [0.15, 0.2) is 24.3 Å². The van der Waals surface area contributed by atoms with E-state index < -0.39 is 23.6 Å². The molecule has 3 atom stereocenters. The van der Waals surface area contributed by atoms with Crippen molar-refractivity contribution < 1.29 is 24.2 Å². The number of rotatable bonds is 4. The first-order chi connectivity index (χ1) is 13.5. The molecule has 3 aliphatic rings. The van der Waals surface area contributed by atoms with Crippen molar-refractivity contribution in [1.82, 2.24) is 10.2 Å². The van der Waals surface area contributed by atoms with Gasteiger partial charge in [-0.25, -0.2) is 9.59 Å². The van der Waals surface area contributed by atoms with E-state index >= 15 is 0 Å². The summed E-state index contributed by atoms with van der Waals surface area (Å²) in [5.74, 6) is -0.627. The number of likely N-dealkylation sites (tertiary alicyclic amines) is 1. The molecule has 0 spiro atoms. The molecule has 1 unspecified atom stereocenters. The van der Waals surface area contributed by atoms with Crippen LogP contribution in [0.3, 0.4) is 0 Å². The zero-order valence-corrected chi connectivity index (χ0v) is 17.3. The number of carboxylic acid groups (broad SMARTS) is 1. The maximum Gasteiger partial charge on any atom is 0.408 e. The SMILES string of the molecule is COC(=O)c1ccc(C2(NC(=O)[C@H]3CC4(C(C)(C)C)C[C@@H]4N3C(=O)O)CC2)cc1. The number of hydrogen-bond donors (Lipinski definition) is 2. The molecule has 1 heterocycles. The number of ether oxygens (including phenoxy) is 1. The Morgan fingerprint density at radius 3 is 2.24 bits per heavy atom. The highest BCUT2D eigenvalue weighted by molar-refractivity contribution is 5.90. The van der Waals surface area contributed by atoms with Gasteiger partial charge in [0.05, 0.1) is 18.2 Å². The van der Waals surface area contributed by atoms with Crippen molar-refractivity contribution >= 4 is 18.0 Å². The first-order valence-corrected chi connectivity index (χ1v) is 10.1. The van der Waals surface area contributed by atoms with E-state index in [4.69, 9.17) is 4.74 Å².